The predicted molar refractivity (Wildman–Crippen MR) is 97.2 cm³/mol. The maximum Gasteiger partial charge on any atom is 0.338 e. The second-order valence-corrected chi connectivity index (χ2v) is 6.53. The van der Waals surface area contributed by atoms with Crippen molar-refractivity contribution in [2.75, 3.05) is 17.7 Å². The summed E-state index contributed by atoms with van der Waals surface area (Å²) in [7, 11) is 0. The van der Waals surface area contributed by atoms with E-state index in [1.165, 1.54) is 11.8 Å². The van der Waals surface area contributed by atoms with Gasteiger partial charge in [0.1, 0.15) is 0 Å². The van der Waals surface area contributed by atoms with E-state index in [4.69, 9.17) is 10.5 Å². The first-order valence-corrected chi connectivity index (χ1v) is 8.48. The summed E-state index contributed by atoms with van der Waals surface area (Å²) in [6.07, 6.45) is 0. The quantitative estimate of drug-likeness (QED) is 0.476. The normalized spacial score (nSPS) is 11.6. The first-order valence-electron chi connectivity index (χ1n) is 7.60. The van der Waals surface area contributed by atoms with E-state index in [0.717, 1.165) is 4.90 Å². The Balaban J connectivity index is 1.93. The van der Waals surface area contributed by atoms with Gasteiger partial charge in [0.25, 0.3) is 0 Å². The summed E-state index contributed by atoms with van der Waals surface area (Å²) in [6.45, 7) is 3.92. The Hall–Kier alpha value is -2.47. The van der Waals surface area contributed by atoms with Crippen molar-refractivity contribution in [3.8, 4) is 0 Å². The molecule has 1 unspecified atom stereocenters. The Labute approximate surface area is 145 Å². The van der Waals surface area contributed by atoms with Crippen molar-refractivity contribution in [2.45, 2.75) is 24.0 Å². The van der Waals surface area contributed by atoms with Crippen molar-refractivity contribution in [2.24, 2.45) is 0 Å². The molecule has 0 bridgehead atoms. The van der Waals surface area contributed by atoms with Gasteiger partial charge in [-0.25, -0.2) is 4.79 Å². The van der Waals surface area contributed by atoms with Crippen LogP contribution in [0.2, 0.25) is 0 Å². The number of carbonyl (C=O) groups is 2. The average molecular weight is 344 g/mol. The summed E-state index contributed by atoms with van der Waals surface area (Å²) in [5.74, 6) is -0.483. The highest BCUT2D eigenvalue weighted by Crippen LogP contribution is 2.25. The van der Waals surface area contributed by atoms with Gasteiger partial charge in [0.05, 0.1) is 17.4 Å². The van der Waals surface area contributed by atoms with Crippen molar-refractivity contribution in [1.82, 2.24) is 0 Å². The molecule has 0 radical (unpaired) electrons. The van der Waals surface area contributed by atoms with Gasteiger partial charge in [0.15, 0.2) is 0 Å². The largest absolute Gasteiger partial charge is 0.462 e. The molecule has 0 saturated heterocycles. The van der Waals surface area contributed by atoms with E-state index >= 15 is 0 Å². The lowest BCUT2D eigenvalue weighted by Crippen LogP contribution is -2.22. The SMILES string of the molecule is CCOC(=O)c1ccc(NC(=O)C(C)Sc2ccc(N)cc2)cc1. The van der Waals surface area contributed by atoms with Crippen LogP contribution in [0, 0.1) is 0 Å². The van der Waals surface area contributed by atoms with Crippen LogP contribution in [-0.2, 0) is 9.53 Å². The van der Waals surface area contributed by atoms with Crippen LogP contribution >= 0.6 is 11.8 Å². The molecule has 0 heterocycles. The number of benzene rings is 2. The number of nitrogen functional groups attached to an aromatic ring is 1. The number of thioether (sulfide) groups is 1. The fourth-order valence-electron chi connectivity index (χ4n) is 1.95. The van der Waals surface area contributed by atoms with Crippen LogP contribution in [0.25, 0.3) is 0 Å². The van der Waals surface area contributed by atoms with Gasteiger partial charge >= 0.3 is 5.97 Å². The van der Waals surface area contributed by atoms with E-state index < -0.39 is 0 Å². The van der Waals surface area contributed by atoms with Gasteiger partial charge in [-0.1, -0.05) is 0 Å². The van der Waals surface area contributed by atoms with Crippen LogP contribution in [0.1, 0.15) is 24.2 Å². The number of amides is 1. The molecule has 24 heavy (non-hydrogen) atoms. The van der Waals surface area contributed by atoms with Crippen LogP contribution in [0.3, 0.4) is 0 Å². The third-order valence-corrected chi connectivity index (χ3v) is 4.34. The van der Waals surface area contributed by atoms with Crippen molar-refractivity contribution >= 4 is 35.0 Å². The number of hydrogen-bond acceptors (Lipinski definition) is 5. The highest BCUT2D eigenvalue weighted by Gasteiger charge is 2.15. The van der Waals surface area contributed by atoms with E-state index in [1.54, 1.807) is 43.3 Å². The van der Waals surface area contributed by atoms with Crippen molar-refractivity contribution < 1.29 is 14.3 Å². The minimum absolute atomic E-state index is 0.110. The summed E-state index contributed by atoms with van der Waals surface area (Å²) in [5, 5.41) is 2.57. The third-order valence-electron chi connectivity index (χ3n) is 3.23. The second-order valence-electron chi connectivity index (χ2n) is 5.12. The predicted octanol–water partition coefficient (Wildman–Crippen LogP) is 3.56. The van der Waals surface area contributed by atoms with Crippen LogP contribution in [0.4, 0.5) is 11.4 Å². The number of carbonyl (C=O) groups excluding carboxylic acids is 2. The van der Waals surface area contributed by atoms with Gasteiger partial charge in [-0.15, -0.1) is 11.8 Å². The number of anilines is 2. The summed E-state index contributed by atoms with van der Waals surface area (Å²) >= 11 is 1.45. The van der Waals surface area contributed by atoms with E-state index in [9.17, 15) is 9.59 Å². The monoisotopic (exact) mass is 344 g/mol. The van der Waals surface area contributed by atoms with E-state index in [2.05, 4.69) is 5.32 Å². The summed E-state index contributed by atoms with van der Waals surface area (Å²) in [6, 6.07) is 14.0. The summed E-state index contributed by atoms with van der Waals surface area (Å²) in [5.41, 5.74) is 7.44. The van der Waals surface area contributed by atoms with Crippen LogP contribution < -0.4 is 11.1 Å². The number of esters is 1. The van der Waals surface area contributed by atoms with Gasteiger partial charge in [0, 0.05) is 16.3 Å². The van der Waals surface area contributed by atoms with Crippen LogP contribution in [-0.4, -0.2) is 23.7 Å². The smallest absolute Gasteiger partial charge is 0.338 e. The van der Waals surface area contributed by atoms with E-state index in [1.807, 2.05) is 19.1 Å². The molecule has 0 aliphatic heterocycles. The Kier molecular flexibility index (Phi) is 6.26. The van der Waals surface area contributed by atoms with Gasteiger partial charge in [0.2, 0.25) is 5.91 Å². The molecule has 2 rings (SSSR count). The molecule has 0 saturated carbocycles. The zero-order valence-corrected chi connectivity index (χ0v) is 14.4. The van der Waals surface area contributed by atoms with Gasteiger partial charge in [-0.3, -0.25) is 4.79 Å². The number of ether oxygens (including phenoxy) is 1. The molecule has 0 aliphatic carbocycles. The van der Waals surface area contributed by atoms with E-state index in [0.29, 0.717) is 23.5 Å². The number of hydrogen-bond donors (Lipinski definition) is 2. The average Bonchev–Trinajstić information content (AvgIpc) is 2.57. The Morgan fingerprint density at radius 1 is 1.12 bits per heavy atom. The molecule has 5 nitrogen and oxygen atoms in total. The van der Waals surface area contributed by atoms with Crippen LogP contribution in [0.15, 0.2) is 53.4 Å². The number of nitrogens with two attached hydrogens (primary N) is 1. The lowest BCUT2D eigenvalue weighted by molar-refractivity contribution is -0.115. The van der Waals surface area contributed by atoms with Crippen molar-refractivity contribution in [1.29, 1.82) is 0 Å². The molecule has 6 heteroatoms. The fourth-order valence-corrected chi connectivity index (χ4v) is 2.82. The van der Waals surface area contributed by atoms with Crippen molar-refractivity contribution in [3.63, 3.8) is 0 Å². The molecule has 2 aromatic carbocycles. The van der Waals surface area contributed by atoms with E-state index in [-0.39, 0.29) is 17.1 Å². The molecule has 126 valence electrons. The molecule has 1 atom stereocenters. The maximum absolute atomic E-state index is 12.3. The number of nitrogens with one attached hydrogen (secondary N) is 1. The molecule has 0 aliphatic rings. The van der Waals surface area contributed by atoms with Gasteiger partial charge in [-0.05, 0) is 62.4 Å². The van der Waals surface area contributed by atoms with Crippen LogP contribution in [0.5, 0.6) is 0 Å². The molecule has 3 N–H and O–H groups in total. The zero-order chi connectivity index (χ0) is 17.5. The second kappa shape index (κ2) is 8.40. The first-order chi connectivity index (χ1) is 11.5. The van der Waals surface area contributed by atoms with Crippen molar-refractivity contribution in [3.05, 3.63) is 54.1 Å². The zero-order valence-electron chi connectivity index (χ0n) is 13.6. The molecule has 0 aromatic heterocycles. The standard InChI is InChI=1S/C18H20N2O3S/c1-3-23-18(22)13-4-8-15(9-5-13)20-17(21)12(2)24-16-10-6-14(19)7-11-16/h4-12H,3,19H2,1-2H3,(H,20,21). The molecule has 0 spiro atoms. The summed E-state index contributed by atoms with van der Waals surface area (Å²) in [4.78, 5) is 24.8. The highest BCUT2D eigenvalue weighted by atomic mass is 32.2. The minimum Gasteiger partial charge on any atom is -0.462 e. The van der Waals surface area contributed by atoms with Gasteiger partial charge < -0.3 is 15.8 Å². The highest BCUT2D eigenvalue weighted by molar-refractivity contribution is 8.00. The molecular formula is C18H20N2O3S. The molecular weight excluding hydrogens is 324 g/mol. The molecule has 2 aromatic rings. The summed E-state index contributed by atoms with van der Waals surface area (Å²) < 4.78 is 4.92. The topological polar surface area (TPSA) is 81.4 Å². The lowest BCUT2D eigenvalue weighted by atomic mass is 10.2. The Morgan fingerprint density at radius 3 is 2.33 bits per heavy atom. The Bertz CT molecular complexity index is 699. The molecule has 1 amide bonds. The number of rotatable bonds is 6. The molecule has 0 fully saturated rings. The maximum atomic E-state index is 12.3. The fraction of sp³-hybridized carbons (Fsp3) is 0.222. The van der Waals surface area contributed by atoms with Gasteiger partial charge in [-0.2, -0.15) is 0 Å². The third kappa shape index (κ3) is 5.03. The minimum atomic E-state index is -0.373. The Morgan fingerprint density at radius 2 is 1.75 bits per heavy atom. The lowest BCUT2D eigenvalue weighted by Gasteiger charge is -2.12. The first kappa shape index (κ1) is 17.9.